The molecule has 0 aromatic heterocycles. The predicted octanol–water partition coefficient (Wildman–Crippen LogP) is 3.30. The van der Waals surface area contributed by atoms with E-state index in [2.05, 4.69) is 0 Å². The van der Waals surface area contributed by atoms with Crippen LogP contribution in [0.3, 0.4) is 0 Å². The van der Waals surface area contributed by atoms with Gasteiger partial charge in [-0.3, -0.25) is 0 Å². The van der Waals surface area contributed by atoms with Gasteiger partial charge in [0.25, 0.3) is 0 Å². The molecule has 31 heavy (non-hydrogen) atoms. The minimum atomic E-state index is -0.563. The molecule has 1 rings (SSSR count). The summed E-state index contributed by atoms with van der Waals surface area (Å²) < 4.78 is 27.7. The van der Waals surface area contributed by atoms with Crippen LogP contribution < -0.4 is 0 Å². The van der Waals surface area contributed by atoms with Crippen molar-refractivity contribution in [3.05, 3.63) is 0 Å². The first-order chi connectivity index (χ1) is 14.5. The number of carbonyl (C=O) groups is 2. The number of ether oxygens (including phenoxy) is 5. The number of hydrogen-bond acceptors (Lipinski definition) is 7. The van der Waals surface area contributed by atoms with Crippen LogP contribution >= 0.6 is 0 Å². The average Bonchev–Trinajstić information content (AvgIpc) is 2.62. The molecule has 0 radical (unpaired) electrons. The highest BCUT2D eigenvalue weighted by Crippen LogP contribution is 2.13. The van der Waals surface area contributed by atoms with Crippen molar-refractivity contribution in [2.45, 2.75) is 65.6 Å². The van der Waals surface area contributed by atoms with Gasteiger partial charge in [-0.25, -0.2) is 9.59 Å². The second-order valence-corrected chi connectivity index (χ2v) is 9.48. The van der Waals surface area contributed by atoms with Gasteiger partial charge in [0.15, 0.2) is 0 Å². The van der Waals surface area contributed by atoms with Gasteiger partial charge in [-0.15, -0.1) is 0 Å². The molecule has 1 heterocycles. The van der Waals surface area contributed by atoms with Crippen molar-refractivity contribution in [1.82, 2.24) is 9.80 Å². The van der Waals surface area contributed by atoms with Crippen molar-refractivity contribution >= 4 is 12.2 Å². The van der Waals surface area contributed by atoms with E-state index in [9.17, 15) is 9.59 Å². The molecular weight excluding hydrogens is 404 g/mol. The zero-order valence-electron chi connectivity index (χ0n) is 20.2. The van der Waals surface area contributed by atoms with E-state index in [-0.39, 0.29) is 12.2 Å². The fourth-order valence-electron chi connectivity index (χ4n) is 2.74. The van der Waals surface area contributed by atoms with Crippen LogP contribution in [-0.4, -0.2) is 99.0 Å². The highest BCUT2D eigenvalue weighted by atomic mass is 16.6. The molecule has 1 aliphatic rings. The lowest BCUT2D eigenvalue weighted by molar-refractivity contribution is -0.00170. The van der Waals surface area contributed by atoms with Crippen LogP contribution in [0.2, 0.25) is 0 Å². The van der Waals surface area contributed by atoms with E-state index < -0.39 is 11.2 Å². The first-order valence-corrected chi connectivity index (χ1v) is 11.2. The Labute approximate surface area is 187 Å². The maximum Gasteiger partial charge on any atom is 0.410 e. The second-order valence-electron chi connectivity index (χ2n) is 9.48. The van der Waals surface area contributed by atoms with E-state index in [1.807, 2.05) is 41.5 Å². The van der Waals surface area contributed by atoms with Gasteiger partial charge < -0.3 is 33.5 Å². The monoisotopic (exact) mass is 446 g/mol. The van der Waals surface area contributed by atoms with Gasteiger partial charge in [-0.2, -0.15) is 0 Å². The predicted molar refractivity (Wildman–Crippen MR) is 117 cm³/mol. The number of rotatable bonds is 0. The van der Waals surface area contributed by atoms with Crippen molar-refractivity contribution in [2.75, 3.05) is 65.8 Å². The SMILES string of the molecule is CC(C)(C)OC(=O)N1CCCCN(C(=O)OC(C)(C)C)CCOCCOCCOCC1. The molecule has 0 unspecified atom stereocenters. The van der Waals surface area contributed by atoms with Crippen LogP contribution in [-0.2, 0) is 23.7 Å². The van der Waals surface area contributed by atoms with E-state index in [0.717, 1.165) is 12.8 Å². The Balaban J connectivity index is 2.71. The van der Waals surface area contributed by atoms with Gasteiger partial charge in [-0.05, 0) is 54.4 Å². The van der Waals surface area contributed by atoms with Crippen LogP contribution in [0, 0.1) is 0 Å². The molecule has 2 amide bonds. The van der Waals surface area contributed by atoms with Crippen LogP contribution in [0.5, 0.6) is 0 Å². The third-order valence-electron chi connectivity index (χ3n) is 4.16. The van der Waals surface area contributed by atoms with Gasteiger partial charge in [0.1, 0.15) is 11.2 Å². The topological polar surface area (TPSA) is 86.8 Å². The molecule has 0 aromatic carbocycles. The molecule has 1 fully saturated rings. The molecule has 1 aliphatic heterocycles. The van der Waals surface area contributed by atoms with Gasteiger partial charge in [0, 0.05) is 26.2 Å². The van der Waals surface area contributed by atoms with Crippen LogP contribution in [0.1, 0.15) is 54.4 Å². The molecule has 0 aliphatic carbocycles. The summed E-state index contributed by atoms with van der Waals surface area (Å²) in [5.41, 5.74) is -1.13. The molecule has 9 heteroatoms. The van der Waals surface area contributed by atoms with Gasteiger partial charge in [0.05, 0.1) is 39.6 Å². The first kappa shape index (κ1) is 27.5. The summed E-state index contributed by atoms with van der Waals surface area (Å²) in [6.45, 7) is 15.6. The fourth-order valence-corrected chi connectivity index (χ4v) is 2.74. The summed E-state index contributed by atoms with van der Waals surface area (Å²) in [6.07, 6.45) is 0.732. The Morgan fingerprint density at radius 3 is 1.23 bits per heavy atom. The smallest absolute Gasteiger partial charge is 0.410 e. The molecule has 1 saturated heterocycles. The summed E-state index contributed by atoms with van der Waals surface area (Å²) in [7, 11) is 0. The molecular formula is C22H42N2O7. The lowest BCUT2D eigenvalue weighted by Gasteiger charge is -2.29. The van der Waals surface area contributed by atoms with Crippen molar-refractivity contribution in [1.29, 1.82) is 0 Å². The van der Waals surface area contributed by atoms with E-state index in [0.29, 0.717) is 65.8 Å². The van der Waals surface area contributed by atoms with Gasteiger partial charge in [0.2, 0.25) is 0 Å². The molecule has 0 spiro atoms. The second kappa shape index (κ2) is 13.8. The van der Waals surface area contributed by atoms with Crippen LogP contribution in [0.25, 0.3) is 0 Å². The summed E-state index contributed by atoms with van der Waals surface area (Å²) in [5, 5.41) is 0. The Morgan fingerprint density at radius 2 is 0.903 bits per heavy atom. The Morgan fingerprint density at radius 1 is 0.581 bits per heavy atom. The highest BCUT2D eigenvalue weighted by Gasteiger charge is 2.24. The molecule has 0 bridgehead atoms. The van der Waals surface area contributed by atoms with Crippen molar-refractivity contribution in [2.24, 2.45) is 0 Å². The third-order valence-corrected chi connectivity index (χ3v) is 4.16. The van der Waals surface area contributed by atoms with Crippen molar-refractivity contribution in [3.8, 4) is 0 Å². The van der Waals surface area contributed by atoms with Crippen LogP contribution in [0.4, 0.5) is 9.59 Å². The number of nitrogens with zero attached hydrogens (tertiary/aromatic N) is 2. The Kier molecular flexibility index (Phi) is 12.2. The summed E-state index contributed by atoms with van der Waals surface area (Å²) >= 11 is 0. The van der Waals surface area contributed by atoms with E-state index in [1.165, 1.54) is 0 Å². The lowest BCUT2D eigenvalue weighted by Crippen LogP contribution is -2.41. The van der Waals surface area contributed by atoms with E-state index in [1.54, 1.807) is 9.80 Å². The largest absolute Gasteiger partial charge is 0.444 e. The standard InChI is InChI=1S/C22H42N2O7/c1-21(2,3)30-19(25)23-9-7-8-10-24(20(26)31-22(4,5)6)12-14-28-16-18-29-17-15-27-13-11-23/h7-18H2,1-6H3. The Hall–Kier alpha value is -1.58. The summed E-state index contributed by atoms with van der Waals surface area (Å²) in [4.78, 5) is 28.4. The average molecular weight is 447 g/mol. The van der Waals surface area contributed by atoms with Gasteiger partial charge >= 0.3 is 12.2 Å². The Bertz CT molecular complexity index is 483. The molecule has 0 N–H and O–H groups in total. The maximum absolute atomic E-state index is 12.6. The number of hydrogen-bond donors (Lipinski definition) is 0. The summed E-state index contributed by atoms with van der Waals surface area (Å²) in [6, 6.07) is 0. The fraction of sp³-hybridized carbons (Fsp3) is 0.909. The zero-order valence-corrected chi connectivity index (χ0v) is 20.2. The van der Waals surface area contributed by atoms with Crippen molar-refractivity contribution < 1.29 is 33.3 Å². The minimum Gasteiger partial charge on any atom is -0.444 e. The molecule has 182 valence electrons. The maximum atomic E-state index is 12.6. The third kappa shape index (κ3) is 14.2. The quantitative estimate of drug-likeness (QED) is 0.564. The molecule has 0 aromatic rings. The van der Waals surface area contributed by atoms with Gasteiger partial charge in [-0.1, -0.05) is 0 Å². The van der Waals surface area contributed by atoms with E-state index >= 15 is 0 Å². The van der Waals surface area contributed by atoms with Crippen molar-refractivity contribution in [3.63, 3.8) is 0 Å². The lowest BCUT2D eigenvalue weighted by atomic mass is 10.2. The molecule has 0 atom stereocenters. The number of carbonyl (C=O) groups excluding carboxylic acids is 2. The molecule has 9 nitrogen and oxygen atoms in total. The minimum absolute atomic E-state index is 0.359. The first-order valence-electron chi connectivity index (χ1n) is 11.2. The van der Waals surface area contributed by atoms with E-state index in [4.69, 9.17) is 23.7 Å². The normalized spacial score (nSPS) is 19.4. The van der Waals surface area contributed by atoms with Crippen LogP contribution in [0.15, 0.2) is 0 Å². The zero-order chi connectivity index (χ0) is 23.3. The highest BCUT2D eigenvalue weighted by molar-refractivity contribution is 5.68. The number of amides is 2. The molecule has 0 saturated carbocycles. The summed E-state index contributed by atoms with van der Waals surface area (Å²) in [5.74, 6) is 0.